The number of hydrogen-bond donors (Lipinski definition) is 1. The molecular weight excluding hydrogens is 560 g/mol. The molecule has 4 heterocycles. The number of carbonyl (C=O) groups excluding carboxylic acids is 1. The average Bonchev–Trinajstić information content (AvgIpc) is 3.04. The molecule has 2 spiro atoms. The summed E-state index contributed by atoms with van der Waals surface area (Å²) in [5.74, 6) is -6.52. The summed E-state index contributed by atoms with van der Waals surface area (Å²) in [5.41, 5.74) is -1.14. The van der Waals surface area contributed by atoms with E-state index in [1.165, 1.54) is 0 Å². The molecule has 0 aromatic carbocycles. The Labute approximate surface area is 247 Å². The van der Waals surface area contributed by atoms with Crippen LogP contribution < -0.4 is 0 Å². The van der Waals surface area contributed by atoms with Gasteiger partial charge in [0.25, 0.3) is 17.9 Å². The normalized spacial score (nSPS) is 40.8. The van der Waals surface area contributed by atoms with Gasteiger partial charge in [0.15, 0.2) is 6.61 Å². The third kappa shape index (κ3) is 7.79. The Morgan fingerprint density at radius 2 is 1.05 bits per heavy atom. The van der Waals surface area contributed by atoms with Crippen LogP contribution in [-0.2, 0) is 61.9 Å². The second-order valence-electron chi connectivity index (χ2n) is 11.5. The van der Waals surface area contributed by atoms with Gasteiger partial charge in [0.05, 0.1) is 70.3 Å². The zero-order valence-electron chi connectivity index (χ0n) is 25.6. The van der Waals surface area contributed by atoms with E-state index < -0.39 is 47.3 Å². The maximum Gasteiger partial charge on any atom is 0.368 e. The quantitative estimate of drug-likeness (QED) is 0.186. The summed E-state index contributed by atoms with van der Waals surface area (Å²) in [6.07, 6.45) is 3.34. The predicted octanol–water partition coefficient (Wildman–Crippen LogP) is 2.70. The van der Waals surface area contributed by atoms with Crippen LogP contribution >= 0.6 is 0 Å². The Morgan fingerprint density at radius 3 is 1.48 bits per heavy atom. The van der Waals surface area contributed by atoms with Crippen molar-refractivity contribution in [1.29, 1.82) is 0 Å². The van der Waals surface area contributed by atoms with Crippen molar-refractivity contribution in [3.05, 3.63) is 0 Å². The Kier molecular flexibility index (Phi) is 11.3. The predicted molar refractivity (Wildman–Crippen MR) is 141 cm³/mol. The van der Waals surface area contributed by atoms with Gasteiger partial charge in [0, 0.05) is 25.7 Å². The minimum absolute atomic E-state index is 0.148. The lowest BCUT2D eigenvalue weighted by atomic mass is 9.90. The first-order chi connectivity index (χ1) is 20.1. The molecule has 14 nitrogen and oxygen atoms in total. The van der Waals surface area contributed by atoms with Crippen molar-refractivity contribution in [3.8, 4) is 0 Å². The van der Waals surface area contributed by atoms with E-state index >= 15 is 0 Å². The van der Waals surface area contributed by atoms with Crippen LogP contribution in [0.1, 0.15) is 73.1 Å². The summed E-state index contributed by atoms with van der Waals surface area (Å²) in [6.45, 7) is 11.3. The minimum atomic E-state index is -1.61. The Hall–Kier alpha value is -1.01. The number of carbonyl (C=O) groups is 1. The molecule has 1 N–H and O–H groups in total. The molecule has 0 aromatic heterocycles. The molecule has 0 aliphatic carbocycles. The SMILES string of the molecule is CCCCOC1(CC)OCC2(CO1)COC(CC)(OCC(=O)OOC1(CC)OCC3(COC(O)(CC)OC3)CO1)OC2. The fourth-order valence-corrected chi connectivity index (χ4v) is 4.75. The van der Waals surface area contributed by atoms with Gasteiger partial charge in [-0.3, -0.25) is 4.89 Å². The first-order valence-electron chi connectivity index (χ1n) is 15.1. The van der Waals surface area contributed by atoms with Crippen molar-refractivity contribution in [2.75, 3.05) is 66.1 Å². The molecule has 4 saturated heterocycles. The average molecular weight is 609 g/mol. The molecule has 0 bridgehead atoms. The van der Waals surface area contributed by atoms with Crippen LogP contribution in [0.25, 0.3) is 0 Å². The van der Waals surface area contributed by atoms with Gasteiger partial charge in [-0.2, -0.15) is 0 Å². The fraction of sp³-hybridized carbons (Fsp3) is 0.964. The second kappa shape index (κ2) is 14.0. The number of rotatable bonds is 13. The van der Waals surface area contributed by atoms with E-state index in [2.05, 4.69) is 6.92 Å². The van der Waals surface area contributed by atoms with Crippen LogP contribution in [-0.4, -0.2) is 101 Å². The third-order valence-electron chi connectivity index (χ3n) is 8.03. The van der Waals surface area contributed by atoms with Crippen LogP contribution in [0.3, 0.4) is 0 Å². The van der Waals surface area contributed by atoms with Gasteiger partial charge in [-0.1, -0.05) is 41.0 Å². The first-order valence-corrected chi connectivity index (χ1v) is 15.1. The summed E-state index contributed by atoms with van der Waals surface area (Å²) in [4.78, 5) is 22.8. The molecule has 4 aliphatic rings. The van der Waals surface area contributed by atoms with Gasteiger partial charge in [-0.05, 0) is 6.42 Å². The molecule has 244 valence electrons. The highest BCUT2D eigenvalue weighted by Crippen LogP contribution is 2.40. The molecule has 4 fully saturated rings. The van der Waals surface area contributed by atoms with Crippen molar-refractivity contribution < 1.29 is 67.0 Å². The first kappa shape index (κ1) is 33.9. The molecule has 0 saturated carbocycles. The standard InChI is InChI=1S/C28H48O14/c1-6-11-12-31-26(8-3)35-16-24(17-36-26)18-37-27(9-4,38-19-24)32-13-22(29)41-42-28(10-5)39-20-23(21-40-28)14-33-25(30,7-2)34-15-23/h30H,6-21H2,1-5H3. The van der Waals surface area contributed by atoms with Gasteiger partial charge in [0.2, 0.25) is 0 Å². The molecule has 0 unspecified atom stereocenters. The van der Waals surface area contributed by atoms with Crippen molar-refractivity contribution in [2.45, 2.75) is 97.0 Å². The van der Waals surface area contributed by atoms with Gasteiger partial charge < -0.3 is 52.5 Å². The molecule has 14 heteroatoms. The molecule has 0 amide bonds. The Bertz CT molecular complexity index is 845. The van der Waals surface area contributed by atoms with Crippen molar-refractivity contribution >= 4 is 5.97 Å². The highest BCUT2D eigenvalue weighted by molar-refractivity contribution is 5.70. The zero-order chi connectivity index (χ0) is 30.4. The summed E-state index contributed by atoms with van der Waals surface area (Å²) < 4.78 is 58.3. The highest BCUT2D eigenvalue weighted by atomic mass is 17.3. The van der Waals surface area contributed by atoms with E-state index in [9.17, 15) is 9.90 Å². The van der Waals surface area contributed by atoms with Gasteiger partial charge in [-0.15, -0.1) is 4.89 Å². The molecule has 4 rings (SSSR count). The third-order valence-corrected chi connectivity index (χ3v) is 8.03. The minimum Gasteiger partial charge on any atom is -0.343 e. The number of unbranched alkanes of at least 4 members (excludes halogenated alkanes) is 1. The van der Waals surface area contributed by atoms with Crippen LogP contribution in [0, 0.1) is 10.8 Å². The smallest absolute Gasteiger partial charge is 0.343 e. The topological polar surface area (TPSA) is 148 Å². The zero-order valence-corrected chi connectivity index (χ0v) is 25.6. The summed E-state index contributed by atoms with van der Waals surface area (Å²) in [7, 11) is 0. The van der Waals surface area contributed by atoms with E-state index in [0.29, 0.717) is 32.7 Å². The molecule has 0 aromatic rings. The van der Waals surface area contributed by atoms with Crippen LogP contribution in [0.15, 0.2) is 0 Å². The number of hydrogen-bond acceptors (Lipinski definition) is 14. The van der Waals surface area contributed by atoms with E-state index in [-0.39, 0.29) is 52.5 Å². The monoisotopic (exact) mass is 608 g/mol. The van der Waals surface area contributed by atoms with Crippen molar-refractivity contribution in [3.63, 3.8) is 0 Å². The summed E-state index contributed by atoms with van der Waals surface area (Å²) in [5, 5.41) is 10.1. The maximum atomic E-state index is 12.5. The van der Waals surface area contributed by atoms with Crippen molar-refractivity contribution in [1.82, 2.24) is 0 Å². The maximum absolute atomic E-state index is 12.5. The molecular formula is C28H48O14. The van der Waals surface area contributed by atoms with Gasteiger partial charge in [-0.25, -0.2) is 4.79 Å². The molecule has 0 radical (unpaired) electrons. The fourth-order valence-electron chi connectivity index (χ4n) is 4.75. The Balaban J connectivity index is 1.20. The van der Waals surface area contributed by atoms with Crippen LogP contribution in [0.4, 0.5) is 0 Å². The molecule has 0 atom stereocenters. The number of ether oxygens (including phenoxy) is 10. The van der Waals surface area contributed by atoms with E-state index in [1.54, 1.807) is 13.8 Å². The van der Waals surface area contributed by atoms with Crippen LogP contribution in [0.5, 0.6) is 0 Å². The van der Waals surface area contributed by atoms with Crippen molar-refractivity contribution in [2.24, 2.45) is 10.8 Å². The summed E-state index contributed by atoms with van der Waals surface area (Å²) in [6, 6.07) is 0. The largest absolute Gasteiger partial charge is 0.368 e. The van der Waals surface area contributed by atoms with Crippen LogP contribution in [0.2, 0.25) is 0 Å². The lowest BCUT2D eigenvalue weighted by molar-refractivity contribution is -0.522. The molecule has 42 heavy (non-hydrogen) atoms. The van der Waals surface area contributed by atoms with E-state index in [1.807, 2.05) is 13.8 Å². The number of aliphatic hydroxyl groups is 1. The van der Waals surface area contributed by atoms with E-state index in [0.717, 1.165) is 12.8 Å². The van der Waals surface area contributed by atoms with Gasteiger partial charge >= 0.3 is 11.9 Å². The Morgan fingerprint density at radius 1 is 0.619 bits per heavy atom. The summed E-state index contributed by atoms with van der Waals surface area (Å²) >= 11 is 0. The van der Waals surface area contributed by atoms with Gasteiger partial charge in [0.1, 0.15) is 0 Å². The highest BCUT2D eigenvalue weighted by Gasteiger charge is 2.53. The van der Waals surface area contributed by atoms with E-state index in [4.69, 9.17) is 57.1 Å². The molecule has 4 aliphatic heterocycles. The lowest BCUT2D eigenvalue weighted by Gasteiger charge is -2.49. The second-order valence-corrected chi connectivity index (χ2v) is 11.5. The lowest BCUT2D eigenvalue weighted by Crippen LogP contribution is -2.60.